The normalized spacial score (nSPS) is 12.4. The van der Waals surface area contributed by atoms with Crippen LogP contribution in [0, 0.1) is 0 Å². The van der Waals surface area contributed by atoms with Crippen molar-refractivity contribution in [2.75, 3.05) is 12.0 Å². The highest BCUT2D eigenvalue weighted by atomic mass is 35.5. The number of nitrogens with zero attached hydrogens (tertiary/aromatic N) is 4. The van der Waals surface area contributed by atoms with Crippen LogP contribution >= 0.6 is 34.5 Å². The fourth-order valence-electron chi connectivity index (χ4n) is 2.01. The Morgan fingerprint density at radius 2 is 1.78 bits per heavy atom. The average molecular weight is 457 g/mol. The lowest BCUT2D eigenvalue weighted by molar-refractivity contribution is -0.145. The van der Waals surface area contributed by atoms with Crippen LogP contribution in [-0.2, 0) is 23.6 Å². The van der Waals surface area contributed by atoms with E-state index in [1.165, 1.54) is 6.92 Å². The molecule has 0 spiro atoms. The summed E-state index contributed by atoms with van der Waals surface area (Å²) in [5, 5.41) is 3.17. The van der Waals surface area contributed by atoms with Crippen molar-refractivity contribution in [3.05, 3.63) is 20.1 Å². The average Bonchev–Trinajstić information content (AvgIpc) is 3.08. The Morgan fingerprint density at radius 3 is 2.22 bits per heavy atom. The fourth-order valence-corrected chi connectivity index (χ4v) is 3.73. The Morgan fingerprint density at radius 1 is 1.19 bits per heavy atom. The van der Waals surface area contributed by atoms with Crippen molar-refractivity contribution in [2.24, 2.45) is 0 Å². The highest BCUT2D eigenvalue weighted by Crippen LogP contribution is 2.52. The number of alkyl halides is 6. The molecule has 0 unspecified atom stereocenters. The smallest absolute Gasteiger partial charge is 0.452 e. The first-order valence-electron chi connectivity index (χ1n) is 6.78. The van der Waals surface area contributed by atoms with E-state index in [9.17, 15) is 31.1 Å². The van der Waals surface area contributed by atoms with Gasteiger partial charge in [-0.15, -0.1) is 16.4 Å². The molecule has 0 atom stereocenters. The number of ether oxygens (including phenoxy) is 1. The van der Waals surface area contributed by atoms with Gasteiger partial charge in [0.2, 0.25) is 5.95 Å². The van der Waals surface area contributed by atoms with E-state index in [4.69, 9.17) is 23.2 Å². The molecule has 0 N–H and O–H groups in total. The van der Waals surface area contributed by atoms with Crippen LogP contribution in [0.3, 0.4) is 0 Å². The molecule has 0 saturated heterocycles. The zero-order chi connectivity index (χ0) is 20.7. The third-order valence-corrected chi connectivity index (χ3v) is 4.66. The van der Waals surface area contributed by atoms with E-state index in [-0.39, 0.29) is 22.8 Å². The monoisotopic (exact) mass is 456 g/mol. The molecule has 0 radical (unpaired) electrons. The minimum Gasteiger partial charge on any atom is -0.452 e. The number of hydrogen-bond acceptors (Lipinski definition) is 5. The van der Waals surface area contributed by atoms with Crippen LogP contribution in [0.4, 0.5) is 42.8 Å². The molecule has 0 bridgehead atoms. The third-order valence-electron chi connectivity index (χ3n) is 3.07. The van der Waals surface area contributed by atoms with E-state index in [2.05, 4.69) is 14.8 Å². The molecule has 0 aromatic carbocycles. The molecular formula is C12H8Cl2F6N4O2S. The Balaban J connectivity index is 2.81. The minimum absolute atomic E-state index is 0.152. The van der Waals surface area contributed by atoms with Crippen molar-refractivity contribution < 1.29 is 35.9 Å². The molecule has 6 nitrogen and oxygen atoms in total. The second-order valence-electron chi connectivity index (χ2n) is 4.73. The van der Waals surface area contributed by atoms with Gasteiger partial charge in [-0.3, -0.25) is 0 Å². The minimum atomic E-state index is -5.06. The van der Waals surface area contributed by atoms with Gasteiger partial charge in [0.15, 0.2) is 0 Å². The number of carbonyl (C=O) groups excluding carboxylic acids is 1. The number of rotatable bonds is 3. The third kappa shape index (κ3) is 4.09. The van der Waals surface area contributed by atoms with Crippen molar-refractivity contribution in [3.63, 3.8) is 0 Å². The molecule has 0 aliphatic heterocycles. The molecule has 2 aromatic rings. The van der Waals surface area contributed by atoms with E-state index >= 15 is 0 Å². The first-order chi connectivity index (χ1) is 12.3. The summed E-state index contributed by atoms with van der Waals surface area (Å²) in [6, 6.07) is 0. The summed E-state index contributed by atoms with van der Waals surface area (Å²) in [6.45, 7) is 1.10. The second-order valence-corrected chi connectivity index (χ2v) is 6.95. The number of amides is 1. The molecule has 0 fully saturated rings. The molecule has 2 rings (SSSR count). The highest BCUT2D eigenvalue weighted by Gasteiger charge is 2.45. The molecular weight excluding hydrogens is 449 g/mol. The van der Waals surface area contributed by atoms with Gasteiger partial charge in [0.25, 0.3) is 5.82 Å². The van der Waals surface area contributed by atoms with Gasteiger partial charge in [-0.1, -0.05) is 23.2 Å². The maximum absolute atomic E-state index is 13.4. The summed E-state index contributed by atoms with van der Waals surface area (Å²) in [5.74, 6) is -2.52. The van der Waals surface area contributed by atoms with Crippen molar-refractivity contribution in [1.82, 2.24) is 14.8 Å². The van der Waals surface area contributed by atoms with Crippen molar-refractivity contribution in [3.8, 4) is 0 Å². The molecule has 0 aliphatic rings. The molecule has 0 saturated carbocycles. The van der Waals surface area contributed by atoms with Gasteiger partial charge in [0.1, 0.15) is 14.2 Å². The lowest BCUT2D eigenvalue weighted by Gasteiger charge is -2.22. The summed E-state index contributed by atoms with van der Waals surface area (Å²) in [6.07, 6.45) is -11.5. The number of carbonyl (C=O) groups is 1. The molecule has 27 heavy (non-hydrogen) atoms. The van der Waals surface area contributed by atoms with E-state index < -0.39 is 50.1 Å². The van der Waals surface area contributed by atoms with Crippen LogP contribution in [0.5, 0.6) is 0 Å². The first kappa shape index (κ1) is 21.6. The Bertz CT molecular complexity index is 863. The molecule has 2 heterocycles. The highest BCUT2D eigenvalue weighted by molar-refractivity contribution is 7.20. The number of hydrogen-bond donors (Lipinski definition) is 0. The van der Waals surface area contributed by atoms with E-state index in [0.29, 0.717) is 4.68 Å². The van der Waals surface area contributed by atoms with Crippen molar-refractivity contribution in [1.29, 1.82) is 0 Å². The van der Waals surface area contributed by atoms with Crippen molar-refractivity contribution >= 4 is 52.3 Å². The molecule has 2 aromatic heterocycles. The number of halogens is 8. The number of thiophene rings is 1. The number of aryl methyl sites for hydroxylation is 1. The quantitative estimate of drug-likeness (QED) is 0.563. The Hall–Kier alpha value is -1.73. The van der Waals surface area contributed by atoms with Gasteiger partial charge in [-0.2, -0.15) is 31.3 Å². The summed E-state index contributed by atoms with van der Waals surface area (Å²) in [7, 11) is 0.821. The summed E-state index contributed by atoms with van der Waals surface area (Å²) >= 11 is 11.7. The topological polar surface area (TPSA) is 60.2 Å². The van der Waals surface area contributed by atoms with Crippen LogP contribution in [0.2, 0.25) is 8.67 Å². The second kappa shape index (κ2) is 7.36. The molecule has 15 heteroatoms. The van der Waals surface area contributed by atoms with Crippen LogP contribution < -0.4 is 4.90 Å². The zero-order valence-electron chi connectivity index (χ0n) is 13.2. The zero-order valence-corrected chi connectivity index (χ0v) is 15.6. The largest absolute Gasteiger partial charge is 0.453 e. The Labute approximate surface area is 161 Å². The van der Waals surface area contributed by atoms with E-state index in [1.807, 2.05) is 0 Å². The molecule has 0 aliphatic carbocycles. The SMILES string of the molecule is CCn1nc(C(F)(F)F)nc1N(C(=O)OC)c1c(Cl)sc(Cl)c1C(F)(F)F. The maximum atomic E-state index is 13.4. The molecule has 150 valence electrons. The lowest BCUT2D eigenvalue weighted by atomic mass is 10.2. The first-order valence-corrected chi connectivity index (χ1v) is 8.35. The summed E-state index contributed by atoms with van der Waals surface area (Å²) < 4.78 is 82.6. The van der Waals surface area contributed by atoms with Crippen LogP contribution in [0.15, 0.2) is 0 Å². The summed E-state index contributed by atoms with van der Waals surface area (Å²) in [5.41, 5.74) is -2.51. The van der Waals surface area contributed by atoms with Crippen molar-refractivity contribution in [2.45, 2.75) is 25.8 Å². The van der Waals surface area contributed by atoms with Gasteiger partial charge in [0, 0.05) is 6.54 Å². The van der Waals surface area contributed by atoms with Gasteiger partial charge in [-0.25, -0.2) is 14.4 Å². The molecule has 1 amide bonds. The predicted molar refractivity (Wildman–Crippen MR) is 84.6 cm³/mol. The van der Waals surface area contributed by atoms with Crippen LogP contribution in [0.25, 0.3) is 0 Å². The van der Waals surface area contributed by atoms with Gasteiger partial charge in [-0.05, 0) is 6.92 Å². The van der Waals surface area contributed by atoms with E-state index in [0.717, 1.165) is 7.11 Å². The fraction of sp³-hybridized carbons (Fsp3) is 0.417. The number of anilines is 2. The van der Waals surface area contributed by atoms with Gasteiger partial charge in [0.05, 0.1) is 12.8 Å². The maximum Gasteiger partial charge on any atom is 0.453 e. The number of aromatic nitrogens is 3. The van der Waals surface area contributed by atoms with Gasteiger partial charge < -0.3 is 4.74 Å². The summed E-state index contributed by atoms with van der Waals surface area (Å²) in [4.78, 5) is 15.5. The standard InChI is InChI=1S/C12H8Cl2F6N4O2S/c1-3-23-9(21-8(22-23)12(18,19)20)24(10(25)26-2)5-4(11(15,16)17)6(13)27-7(5)14/h3H2,1-2H3. The van der Waals surface area contributed by atoms with Gasteiger partial charge >= 0.3 is 18.4 Å². The van der Waals surface area contributed by atoms with Crippen LogP contribution in [-0.4, -0.2) is 28.0 Å². The lowest BCUT2D eigenvalue weighted by Crippen LogP contribution is -2.30. The number of methoxy groups -OCH3 is 1. The Kier molecular flexibility index (Phi) is 5.88. The van der Waals surface area contributed by atoms with Crippen LogP contribution in [0.1, 0.15) is 18.3 Å². The predicted octanol–water partition coefficient (Wildman–Crippen LogP) is 5.61. The van der Waals surface area contributed by atoms with E-state index in [1.54, 1.807) is 0 Å².